The minimum absolute atomic E-state index is 0.243. The maximum atomic E-state index is 11.7. The molecule has 94 valence electrons. The molecular weight excluding hydrogens is 220 g/mol. The lowest BCUT2D eigenvalue weighted by molar-refractivity contribution is 0.0317. The summed E-state index contributed by atoms with van der Waals surface area (Å²) in [7, 11) is 0. The van der Waals surface area contributed by atoms with Gasteiger partial charge in [-0.15, -0.1) is 0 Å². The number of nitrogens with two attached hydrogens (primary N) is 1. The first-order valence-electron chi connectivity index (χ1n) is 5.62. The van der Waals surface area contributed by atoms with Crippen LogP contribution in [0, 0.1) is 6.92 Å². The van der Waals surface area contributed by atoms with Gasteiger partial charge in [0.1, 0.15) is 6.61 Å². The minimum Gasteiger partial charge on any atom is -0.460 e. The third-order valence-electron chi connectivity index (χ3n) is 2.14. The second kappa shape index (κ2) is 6.85. The molecule has 0 saturated carbocycles. The van der Waals surface area contributed by atoms with Crippen LogP contribution in [0.3, 0.4) is 0 Å². The second-order valence-corrected chi connectivity index (χ2v) is 3.65. The zero-order valence-corrected chi connectivity index (χ0v) is 10.2. The van der Waals surface area contributed by atoms with Gasteiger partial charge in [-0.3, -0.25) is 4.98 Å². The highest BCUT2D eigenvalue weighted by atomic mass is 16.6. The molecule has 17 heavy (non-hydrogen) atoms. The van der Waals surface area contributed by atoms with Crippen LogP contribution in [0.2, 0.25) is 0 Å². The van der Waals surface area contributed by atoms with Gasteiger partial charge in [0.2, 0.25) is 0 Å². The van der Waals surface area contributed by atoms with E-state index in [2.05, 4.69) is 4.98 Å². The molecule has 0 fully saturated rings. The van der Waals surface area contributed by atoms with Crippen LogP contribution in [0.1, 0.15) is 29.4 Å². The highest BCUT2D eigenvalue weighted by Gasteiger charge is 2.11. The summed E-state index contributed by atoms with van der Waals surface area (Å²) in [5, 5.41) is 0. The molecule has 0 aliphatic heterocycles. The highest BCUT2D eigenvalue weighted by Crippen LogP contribution is 2.10. The average molecular weight is 238 g/mol. The molecule has 0 aliphatic rings. The zero-order chi connectivity index (χ0) is 12.7. The number of nitrogen functional groups attached to an aromatic ring is 1. The van der Waals surface area contributed by atoms with E-state index in [0.29, 0.717) is 30.2 Å². The Labute approximate surface area is 101 Å². The molecule has 0 saturated heterocycles. The fourth-order valence-corrected chi connectivity index (χ4v) is 1.27. The molecule has 1 aromatic rings. The van der Waals surface area contributed by atoms with Crippen molar-refractivity contribution >= 4 is 11.7 Å². The number of rotatable bonds is 6. The van der Waals surface area contributed by atoms with Crippen LogP contribution < -0.4 is 5.73 Å². The quantitative estimate of drug-likeness (QED) is 0.601. The Balaban J connectivity index is 2.44. The number of carbonyl (C=O) groups excluding carboxylic acids is 1. The molecule has 0 unspecified atom stereocenters. The lowest BCUT2D eigenvalue weighted by Crippen LogP contribution is -2.13. The third-order valence-corrected chi connectivity index (χ3v) is 2.14. The van der Waals surface area contributed by atoms with E-state index in [1.807, 2.05) is 6.92 Å². The Morgan fingerprint density at radius 3 is 2.88 bits per heavy atom. The second-order valence-electron chi connectivity index (χ2n) is 3.65. The Hall–Kier alpha value is -1.62. The van der Waals surface area contributed by atoms with Crippen molar-refractivity contribution in [3.05, 3.63) is 23.5 Å². The Kier molecular flexibility index (Phi) is 5.42. The first kappa shape index (κ1) is 13.4. The first-order valence-corrected chi connectivity index (χ1v) is 5.62. The Morgan fingerprint density at radius 2 is 2.18 bits per heavy atom. The molecule has 1 heterocycles. The van der Waals surface area contributed by atoms with E-state index in [1.165, 1.54) is 6.20 Å². The van der Waals surface area contributed by atoms with Gasteiger partial charge in [0.15, 0.2) is 0 Å². The summed E-state index contributed by atoms with van der Waals surface area (Å²) in [5.41, 5.74) is 7.03. The number of nitrogens with zero attached hydrogens (tertiary/aromatic N) is 1. The van der Waals surface area contributed by atoms with Gasteiger partial charge in [0.25, 0.3) is 0 Å². The average Bonchev–Trinajstić information content (AvgIpc) is 2.32. The molecule has 1 rings (SSSR count). The van der Waals surface area contributed by atoms with Gasteiger partial charge < -0.3 is 15.2 Å². The molecule has 0 spiro atoms. The number of anilines is 1. The van der Waals surface area contributed by atoms with Crippen molar-refractivity contribution in [2.75, 3.05) is 25.6 Å². The number of pyridine rings is 1. The van der Waals surface area contributed by atoms with Crippen LogP contribution in [0.5, 0.6) is 0 Å². The fraction of sp³-hybridized carbons (Fsp3) is 0.500. The van der Waals surface area contributed by atoms with Crippen LogP contribution in [0.25, 0.3) is 0 Å². The Bertz CT molecular complexity index is 380. The summed E-state index contributed by atoms with van der Waals surface area (Å²) in [5.74, 6) is -0.414. The van der Waals surface area contributed by atoms with E-state index in [4.69, 9.17) is 15.2 Å². The van der Waals surface area contributed by atoms with Crippen molar-refractivity contribution in [3.63, 3.8) is 0 Å². The summed E-state index contributed by atoms with van der Waals surface area (Å²) >= 11 is 0. The lowest BCUT2D eigenvalue weighted by Gasteiger charge is -2.07. The van der Waals surface area contributed by atoms with Crippen molar-refractivity contribution in [3.8, 4) is 0 Å². The summed E-state index contributed by atoms with van der Waals surface area (Å²) in [6.45, 7) is 5.09. The van der Waals surface area contributed by atoms with Gasteiger partial charge in [0, 0.05) is 6.61 Å². The molecule has 0 bridgehead atoms. The van der Waals surface area contributed by atoms with Crippen molar-refractivity contribution < 1.29 is 14.3 Å². The standard InChI is InChI=1S/C12H18N2O3/c1-3-4-16-5-6-17-12(15)11-7-10(13)8-14-9(11)2/h7-8H,3-6,13H2,1-2H3. The van der Waals surface area contributed by atoms with E-state index in [-0.39, 0.29) is 6.61 Å². The number of esters is 1. The summed E-state index contributed by atoms with van der Waals surface area (Å²) in [6.07, 6.45) is 2.46. The first-order chi connectivity index (χ1) is 8.15. The normalized spacial score (nSPS) is 10.2. The number of ether oxygens (including phenoxy) is 2. The van der Waals surface area contributed by atoms with E-state index in [1.54, 1.807) is 13.0 Å². The largest absolute Gasteiger partial charge is 0.460 e. The van der Waals surface area contributed by atoms with Crippen LogP contribution in [0.4, 0.5) is 5.69 Å². The predicted molar refractivity (Wildman–Crippen MR) is 64.8 cm³/mol. The van der Waals surface area contributed by atoms with E-state index in [9.17, 15) is 4.79 Å². The molecule has 0 aromatic carbocycles. The monoisotopic (exact) mass is 238 g/mol. The topological polar surface area (TPSA) is 74.4 Å². The van der Waals surface area contributed by atoms with Crippen LogP contribution in [0.15, 0.2) is 12.3 Å². The number of hydrogen-bond donors (Lipinski definition) is 1. The van der Waals surface area contributed by atoms with Gasteiger partial charge in [-0.1, -0.05) is 6.92 Å². The smallest absolute Gasteiger partial charge is 0.340 e. The van der Waals surface area contributed by atoms with E-state index < -0.39 is 5.97 Å². The van der Waals surface area contributed by atoms with Gasteiger partial charge in [0.05, 0.1) is 29.7 Å². The number of aryl methyl sites for hydroxylation is 1. The molecule has 5 nitrogen and oxygen atoms in total. The maximum absolute atomic E-state index is 11.7. The number of aromatic nitrogens is 1. The molecule has 5 heteroatoms. The third kappa shape index (κ3) is 4.40. The number of hydrogen-bond acceptors (Lipinski definition) is 5. The summed E-state index contributed by atoms with van der Waals surface area (Å²) in [6, 6.07) is 1.57. The van der Waals surface area contributed by atoms with Gasteiger partial charge in [-0.05, 0) is 19.4 Å². The van der Waals surface area contributed by atoms with Gasteiger partial charge in [-0.25, -0.2) is 4.79 Å². The summed E-state index contributed by atoms with van der Waals surface area (Å²) < 4.78 is 10.3. The van der Waals surface area contributed by atoms with Crippen molar-refractivity contribution in [1.82, 2.24) is 4.98 Å². The molecule has 0 amide bonds. The predicted octanol–water partition coefficient (Wildman–Crippen LogP) is 1.56. The molecule has 0 radical (unpaired) electrons. The van der Waals surface area contributed by atoms with Crippen molar-refractivity contribution in [2.24, 2.45) is 0 Å². The molecule has 0 atom stereocenters. The fourth-order valence-electron chi connectivity index (χ4n) is 1.27. The van der Waals surface area contributed by atoms with Crippen LogP contribution in [-0.4, -0.2) is 30.8 Å². The highest BCUT2D eigenvalue weighted by molar-refractivity contribution is 5.91. The maximum Gasteiger partial charge on any atom is 0.340 e. The lowest BCUT2D eigenvalue weighted by atomic mass is 10.2. The molecular formula is C12H18N2O3. The zero-order valence-electron chi connectivity index (χ0n) is 10.2. The number of carbonyl (C=O) groups is 1. The van der Waals surface area contributed by atoms with Crippen molar-refractivity contribution in [2.45, 2.75) is 20.3 Å². The minimum atomic E-state index is -0.414. The van der Waals surface area contributed by atoms with Crippen LogP contribution in [-0.2, 0) is 9.47 Å². The SMILES string of the molecule is CCCOCCOC(=O)c1cc(N)cnc1C. The van der Waals surface area contributed by atoms with E-state index >= 15 is 0 Å². The summed E-state index contributed by atoms with van der Waals surface area (Å²) in [4.78, 5) is 15.7. The molecule has 2 N–H and O–H groups in total. The van der Waals surface area contributed by atoms with Crippen LogP contribution >= 0.6 is 0 Å². The molecule has 0 aliphatic carbocycles. The van der Waals surface area contributed by atoms with Gasteiger partial charge >= 0.3 is 5.97 Å². The van der Waals surface area contributed by atoms with Crippen molar-refractivity contribution in [1.29, 1.82) is 0 Å². The Morgan fingerprint density at radius 1 is 1.41 bits per heavy atom. The molecule has 1 aromatic heterocycles. The van der Waals surface area contributed by atoms with E-state index in [0.717, 1.165) is 6.42 Å². The van der Waals surface area contributed by atoms with Gasteiger partial charge in [-0.2, -0.15) is 0 Å².